The second-order valence-corrected chi connectivity index (χ2v) is 3.83. The number of aromatic nitrogens is 4. The van der Waals surface area contributed by atoms with Crippen molar-refractivity contribution in [3.8, 4) is 0 Å². The van der Waals surface area contributed by atoms with Gasteiger partial charge in [-0.15, -0.1) is 10.2 Å². The summed E-state index contributed by atoms with van der Waals surface area (Å²) in [6.45, 7) is 0.674. The van der Waals surface area contributed by atoms with Crippen LogP contribution in [0.5, 0.6) is 0 Å². The Hall–Kier alpha value is -1.01. The lowest BCUT2D eigenvalue weighted by Crippen LogP contribution is -2.39. The zero-order valence-corrected chi connectivity index (χ0v) is 8.11. The fraction of sp³-hybridized carbons (Fsp3) is 0.875. The van der Waals surface area contributed by atoms with Gasteiger partial charge in [0.25, 0.3) is 0 Å². The molecule has 78 valence electrons. The van der Waals surface area contributed by atoms with Gasteiger partial charge in [-0.05, 0) is 19.3 Å². The third kappa shape index (κ3) is 2.49. The Morgan fingerprint density at radius 3 is 3.14 bits per heavy atom. The maximum atomic E-state index is 5.88. The van der Waals surface area contributed by atoms with Crippen LogP contribution in [-0.2, 0) is 6.54 Å². The summed E-state index contributed by atoms with van der Waals surface area (Å²) in [5.74, 6) is 0.712. The lowest BCUT2D eigenvalue weighted by Gasteiger charge is -2.26. The number of H-pyrrole nitrogens is 1. The summed E-state index contributed by atoms with van der Waals surface area (Å²) in [6.07, 6.45) is 4.62. The molecule has 0 radical (unpaired) electrons. The van der Waals surface area contributed by atoms with Crippen LogP contribution in [0.4, 0.5) is 0 Å². The first-order chi connectivity index (χ1) is 6.84. The van der Waals surface area contributed by atoms with E-state index in [1.807, 2.05) is 0 Å². The quantitative estimate of drug-likeness (QED) is 0.609. The van der Waals surface area contributed by atoms with Crippen LogP contribution in [0.25, 0.3) is 0 Å². The third-order valence-corrected chi connectivity index (χ3v) is 2.65. The van der Waals surface area contributed by atoms with Crippen molar-refractivity contribution in [1.29, 1.82) is 0 Å². The van der Waals surface area contributed by atoms with E-state index < -0.39 is 0 Å². The van der Waals surface area contributed by atoms with Gasteiger partial charge in [0.05, 0.1) is 6.54 Å². The van der Waals surface area contributed by atoms with E-state index in [4.69, 9.17) is 5.73 Å². The summed E-state index contributed by atoms with van der Waals surface area (Å²) < 4.78 is 0. The van der Waals surface area contributed by atoms with E-state index in [0.29, 0.717) is 24.5 Å². The minimum absolute atomic E-state index is 0.353. The van der Waals surface area contributed by atoms with Gasteiger partial charge in [0.15, 0.2) is 5.82 Å². The van der Waals surface area contributed by atoms with E-state index in [9.17, 15) is 0 Å². The van der Waals surface area contributed by atoms with Gasteiger partial charge in [0.1, 0.15) is 0 Å². The lowest BCUT2D eigenvalue weighted by molar-refractivity contribution is 0.336. The van der Waals surface area contributed by atoms with Crippen molar-refractivity contribution < 1.29 is 0 Å². The van der Waals surface area contributed by atoms with Gasteiger partial charge in [-0.1, -0.05) is 11.6 Å². The van der Waals surface area contributed by atoms with Crippen molar-refractivity contribution in [3.05, 3.63) is 5.82 Å². The smallest absolute Gasteiger partial charge is 0.188 e. The molecule has 0 amide bonds. The highest BCUT2D eigenvalue weighted by atomic mass is 15.5. The van der Waals surface area contributed by atoms with Gasteiger partial charge < -0.3 is 11.1 Å². The molecular formula is C8H16N6. The van der Waals surface area contributed by atoms with Crippen LogP contribution in [0.15, 0.2) is 0 Å². The van der Waals surface area contributed by atoms with Crippen LogP contribution in [-0.4, -0.2) is 32.7 Å². The molecule has 1 fully saturated rings. The number of rotatable bonds is 3. The van der Waals surface area contributed by atoms with Crippen molar-refractivity contribution in [1.82, 2.24) is 25.9 Å². The van der Waals surface area contributed by atoms with Gasteiger partial charge in [0.2, 0.25) is 0 Å². The second kappa shape index (κ2) is 4.47. The van der Waals surface area contributed by atoms with Crippen LogP contribution in [0.2, 0.25) is 0 Å². The van der Waals surface area contributed by atoms with E-state index in [2.05, 4.69) is 25.9 Å². The predicted molar refractivity (Wildman–Crippen MR) is 51.2 cm³/mol. The van der Waals surface area contributed by atoms with Crippen molar-refractivity contribution >= 4 is 0 Å². The predicted octanol–water partition coefficient (Wildman–Crippen LogP) is -0.441. The molecule has 1 aromatic heterocycles. The van der Waals surface area contributed by atoms with Crippen LogP contribution < -0.4 is 11.1 Å². The second-order valence-electron chi connectivity index (χ2n) is 3.83. The molecule has 1 aliphatic rings. The van der Waals surface area contributed by atoms with E-state index in [1.54, 1.807) is 0 Å². The Balaban J connectivity index is 1.75. The minimum Gasteiger partial charge on any atom is -0.328 e. The number of nitrogens with one attached hydrogen (secondary N) is 2. The van der Waals surface area contributed by atoms with Gasteiger partial charge in [-0.25, -0.2) is 0 Å². The highest BCUT2D eigenvalue weighted by Gasteiger charge is 2.18. The molecule has 0 spiro atoms. The van der Waals surface area contributed by atoms with Crippen molar-refractivity contribution in [2.24, 2.45) is 5.73 Å². The lowest BCUT2D eigenvalue weighted by atomic mass is 9.92. The molecule has 0 aromatic carbocycles. The average Bonchev–Trinajstić information content (AvgIpc) is 2.67. The van der Waals surface area contributed by atoms with Crippen LogP contribution >= 0.6 is 0 Å². The number of nitrogens with zero attached hydrogens (tertiary/aromatic N) is 3. The Bertz CT molecular complexity index is 259. The fourth-order valence-electron chi connectivity index (χ4n) is 1.91. The summed E-state index contributed by atoms with van der Waals surface area (Å²) in [7, 11) is 0. The third-order valence-electron chi connectivity index (χ3n) is 2.65. The normalized spacial score (nSPS) is 27.8. The molecule has 2 rings (SSSR count). The topological polar surface area (TPSA) is 92.5 Å². The zero-order valence-electron chi connectivity index (χ0n) is 8.11. The molecule has 0 saturated heterocycles. The van der Waals surface area contributed by atoms with Gasteiger partial charge >= 0.3 is 0 Å². The number of nitrogens with two attached hydrogens (primary N) is 1. The fourth-order valence-corrected chi connectivity index (χ4v) is 1.91. The monoisotopic (exact) mass is 196 g/mol. The Morgan fingerprint density at radius 1 is 1.50 bits per heavy atom. The minimum atomic E-state index is 0.353. The zero-order chi connectivity index (χ0) is 9.80. The van der Waals surface area contributed by atoms with E-state index in [-0.39, 0.29) is 0 Å². The van der Waals surface area contributed by atoms with Gasteiger partial charge in [-0.2, -0.15) is 5.21 Å². The number of aromatic amines is 1. The average molecular weight is 196 g/mol. The summed E-state index contributed by atoms with van der Waals surface area (Å²) in [4.78, 5) is 0. The van der Waals surface area contributed by atoms with E-state index in [1.165, 1.54) is 12.8 Å². The Kier molecular flexibility index (Phi) is 3.05. The first-order valence-electron chi connectivity index (χ1n) is 5.06. The van der Waals surface area contributed by atoms with Crippen LogP contribution in [0.1, 0.15) is 31.5 Å². The highest BCUT2D eigenvalue weighted by molar-refractivity contribution is 4.82. The number of tetrazole rings is 1. The van der Waals surface area contributed by atoms with Crippen molar-refractivity contribution in [2.45, 2.75) is 44.3 Å². The molecule has 0 bridgehead atoms. The largest absolute Gasteiger partial charge is 0.328 e. The first-order valence-corrected chi connectivity index (χ1v) is 5.06. The molecule has 14 heavy (non-hydrogen) atoms. The molecule has 1 heterocycles. The summed E-state index contributed by atoms with van der Waals surface area (Å²) >= 11 is 0. The molecule has 0 aliphatic heterocycles. The SMILES string of the molecule is NC1CCCC(NCc2nn[nH]n2)C1. The summed E-state index contributed by atoms with van der Waals surface area (Å²) in [6, 6.07) is 0.865. The summed E-state index contributed by atoms with van der Waals surface area (Å²) in [5.41, 5.74) is 5.88. The Morgan fingerprint density at radius 2 is 2.43 bits per heavy atom. The van der Waals surface area contributed by atoms with Gasteiger partial charge in [0, 0.05) is 12.1 Å². The number of hydrogen-bond acceptors (Lipinski definition) is 5. The van der Waals surface area contributed by atoms with Crippen LogP contribution in [0, 0.1) is 0 Å². The Labute approximate surface area is 82.6 Å². The molecule has 6 heteroatoms. The van der Waals surface area contributed by atoms with Crippen molar-refractivity contribution in [3.63, 3.8) is 0 Å². The van der Waals surface area contributed by atoms with E-state index >= 15 is 0 Å². The standard InChI is InChI=1S/C8H16N6/c9-6-2-1-3-7(4-6)10-5-8-11-13-14-12-8/h6-7,10H,1-5,9H2,(H,11,12,13,14). The van der Waals surface area contributed by atoms with Crippen LogP contribution in [0.3, 0.4) is 0 Å². The highest BCUT2D eigenvalue weighted by Crippen LogP contribution is 2.16. The molecule has 2 atom stereocenters. The molecule has 1 aromatic rings. The maximum absolute atomic E-state index is 5.88. The molecule has 1 aliphatic carbocycles. The maximum Gasteiger partial charge on any atom is 0.188 e. The molecule has 2 unspecified atom stereocenters. The van der Waals surface area contributed by atoms with Crippen molar-refractivity contribution in [2.75, 3.05) is 0 Å². The molecule has 4 N–H and O–H groups in total. The molecular weight excluding hydrogens is 180 g/mol. The first kappa shape index (κ1) is 9.54. The number of hydrogen-bond donors (Lipinski definition) is 3. The molecule has 6 nitrogen and oxygen atoms in total. The van der Waals surface area contributed by atoms with E-state index in [0.717, 1.165) is 12.8 Å². The summed E-state index contributed by atoms with van der Waals surface area (Å²) in [5, 5.41) is 17.1. The molecule has 1 saturated carbocycles. The van der Waals surface area contributed by atoms with Gasteiger partial charge in [-0.3, -0.25) is 0 Å².